The topological polar surface area (TPSA) is 133 Å². The third kappa shape index (κ3) is 12.1. The fourth-order valence-corrected chi connectivity index (χ4v) is 8.86. The number of hydrogen-bond donors (Lipinski definition) is 2. The summed E-state index contributed by atoms with van der Waals surface area (Å²) in [5.41, 5.74) is 1.09. The number of carbonyl (C=O) groups is 4. The van der Waals surface area contributed by atoms with Gasteiger partial charge in [0.25, 0.3) is 0 Å². The highest BCUT2D eigenvalue weighted by Crippen LogP contribution is 2.30. The fourth-order valence-electron chi connectivity index (χ4n) is 8.17. The summed E-state index contributed by atoms with van der Waals surface area (Å²) in [5, 5.41) is 9.02. The van der Waals surface area contributed by atoms with E-state index in [0.717, 1.165) is 23.4 Å². The van der Waals surface area contributed by atoms with Crippen molar-refractivity contribution in [3.8, 4) is 0 Å². The van der Waals surface area contributed by atoms with E-state index in [1.54, 1.807) is 32.4 Å². The molecule has 1 fully saturated rings. The van der Waals surface area contributed by atoms with E-state index in [2.05, 4.69) is 29.5 Å². The molecule has 4 amide bonds. The molecule has 3 rings (SSSR count). The van der Waals surface area contributed by atoms with Crippen molar-refractivity contribution in [3.63, 3.8) is 0 Å². The number of carbonyl (C=O) groups excluding carboxylic acids is 4. The molecule has 1 aliphatic heterocycles. The van der Waals surface area contributed by atoms with E-state index in [0.29, 0.717) is 19.4 Å². The van der Waals surface area contributed by atoms with Gasteiger partial charge in [0.1, 0.15) is 11.0 Å². The summed E-state index contributed by atoms with van der Waals surface area (Å²) in [5.74, 6) is -1.35. The standard InChI is InChI=1S/C42H68N6O6S/c1-13-28(6)37(47(10)42(52)35(26(2)3)45-40(51)36(27(4)5)46(8)9)33(53-11)25-34(49)48-22-17-20-32(48)38(54-12)29(7)39(50)44-31(41-43-21-23-55-41)24-30-18-15-14-16-19-30/h14-16,18-19,21,23,26-29,31-33,35-38H,13,17,20,22,24-25H2,1-12H3,(H,44,50)(H,45,51)/t28-,29-,31-,32-,33+,35-,36-,37+,38+/m0/s1. The van der Waals surface area contributed by atoms with Crippen LogP contribution >= 0.6 is 11.3 Å². The largest absolute Gasteiger partial charge is 0.379 e. The molecule has 0 spiro atoms. The Morgan fingerprint density at radius 1 is 0.945 bits per heavy atom. The zero-order valence-electron chi connectivity index (χ0n) is 35.3. The number of thiazole rings is 1. The number of ether oxygens (including phenoxy) is 2. The van der Waals surface area contributed by atoms with Crippen LogP contribution in [-0.2, 0) is 35.1 Å². The first-order valence-electron chi connectivity index (χ1n) is 19.9. The molecule has 1 saturated heterocycles. The molecule has 2 N–H and O–H groups in total. The third-order valence-corrected chi connectivity index (χ3v) is 12.2. The Labute approximate surface area is 334 Å². The van der Waals surface area contributed by atoms with Gasteiger partial charge in [-0.25, -0.2) is 4.98 Å². The molecular formula is C42H68N6O6S. The second-order valence-electron chi connectivity index (χ2n) is 16.1. The van der Waals surface area contributed by atoms with Crippen LogP contribution in [0.5, 0.6) is 0 Å². The van der Waals surface area contributed by atoms with Gasteiger partial charge in [0.15, 0.2) is 0 Å². The monoisotopic (exact) mass is 784 g/mol. The number of nitrogens with zero attached hydrogens (tertiary/aromatic N) is 4. The molecule has 0 bridgehead atoms. The average molecular weight is 785 g/mol. The highest BCUT2D eigenvalue weighted by atomic mass is 32.1. The lowest BCUT2D eigenvalue weighted by molar-refractivity contribution is -0.148. The van der Waals surface area contributed by atoms with Crippen molar-refractivity contribution in [1.82, 2.24) is 30.3 Å². The number of aromatic nitrogens is 1. The van der Waals surface area contributed by atoms with Crippen LogP contribution in [0.3, 0.4) is 0 Å². The summed E-state index contributed by atoms with van der Waals surface area (Å²) in [7, 11) is 8.66. The minimum Gasteiger partial charge on any atom is -0.379 e. The first-order chi connectivity index (χ1) is 26.1. The Balaban J connectivity index is 1.79. The number of benzene rings is 1. The highest BCUT2D eigenvalue weighted by molar-refractivity contribution is 7.09. The molecule has 13 heteroatoms. The maximum atomic E-state index is 14.3. The molecule has 2 aromatic rings. The second kappa shape index (κ2) is 21.8. The number of amides is 4. The first-order valence-corrected chi connectivity index (χ1v) is 20.8. The third-order valence-electron chi connectivity index (χ3n) is 11.3. The molecule has 1 aliphatic rings. The van der Waals surface area contributed by atoms with Crippen LogP contribution in [0.25, 0.3) is 0 Å². The highest BCUT2D eigenvalue weighted by Gasteiger charge is 2.43. The molecule has 55 heavy (non-hydrogen) atoms. The summed E-state index contributed by atoms with van der Waals surface area (Å²) in [6.45, 7) is 14.3. The molecule has 0 unspecified atom stereocenters. The van der Waals surface area contributed by atoms with Gasteiger partial charge in [-0.3, -0.25) is 24.1 Å². The number of likely N-dealkylation sites (N-methyl/N-ethyl adjacent to an activating group) is 2. The smallest absolute Gasteiger partial charge is 0.245 e. The molecular weight excluding hydrogens is 717 g/mol. The number of nitrogens with one attached hydrogen (secondary N) is 2. The van der Waals surface area contributed by atoms with Crippen molar-refractivity contribution < 1.29 is 28.7 Å². The van der Waals surface area contributed by atoms with Crippen LogP contribution in [0.1, 0.15) is 90.8 Å². The van der Waals surface area contributed by atoms with E-state index in [-0.39, 0.29) is 65.9 Å². The van der Waals surface area contributed by atoms with E-state index in [4.69, 9.17) is 9.47 Å². The molecule has 0 radical (unpaired) electrons. The van der Waals surface area contributed by atoms with Crippen LogP contribution < -0.4 is 10.6 Å². The number of rotatable bonds is 21. The summed E-state index contributed by atoms with van der Waals surface area (Å²) in [6.07, 6.45) is 3.49. The SMILES string of the molecule is CC[C@H](C)[C@H]([C@@H](CC(=O)N1CCC[C@H]1[C@H](OC)[C@H](C)C(=O)N[C@@H](Cc1ccccc1)c1nccs1)OC)N(C)C(=O)[C@@H](NC(=O)[C@H](C(C)C)N(C)C)C(C)C. The van der Waals surface area contributed by atoms with Gasteiger partial charge >= 0.3 is 0 Å². The normalized spacial score (nSPS) is 19.0. The molecule has 12 nitrogen and oxygen atoms in total. The zero-order valence-corrected chi connectivity index (χ0v) is 36.1. The number of hydrogen-bond acceptors (Lipinski definition) is 9. The summed E-state index contributed by atoms with van der Waals surface area (Å²) >= 11 is 1.51. The lowest BCUT2D eigenvalue weighted by atomic mass is 9.89. The summed E-state index contributed by atoms with van der Waals surface area (Å²) in [6, 6.07) is 7.83. The van der Waals surface area contributed by atoms with Crippen LogP contribution in [0, 0.1) is 23.7 Å². The van der Waals surface area contributed by atoms with Crippen LogP contribution in [0.2, 0.25) is 0 Å². The zero-order chi connectivity index (χ0) is 41.0. The Kier molecular flexibility index (Phi) is 18.2. The van der Waals surface area contributed by atoms with Crippen molar-refractivity contribution in [2.45, 2.75) is 123 Å². The fraction of sp³-hybridized carbons (Fsp3) is 0.690. The minimum absolute atomic E-state index is 0.00751. The molecule has 308 valence electrons. The van der Waals surface area contributed by atoms with Gasteiger partial charge in [0.2, 0.25) is 23.6 Å². The second-order valence-corrected chi connectivity index (χ2v) is 17.0. The Bertz CT molecular complexity index is 1480. The van der Waals surface area contributed by atoms with Crippen molar-refractivity contribution in [1.29, 1.82) is 0 Å². The van der Waals surface area contributed by atoms with E-state index in [1.165, 1.54) is 11.3 Å². The van der Waals surface area contributed by atoms with Crippen LogP contribution in [0.4, 0.5) is 0 Å². The first kappa shape index (κ1) is 46.0. The van der Waals surface area contributed by atoms with E-state index >= 15 is 0 Å². The van der Waals surface area contributed by atoms with Gasteiger partial charge in [0.05, 0.1) is 48.7 Å². The quantitative estimate of drug-likeness (QED) is 0.177. The van der Waals surface area contributed by atoms with Crippen molar-refractivity contribution in [3.05, 3.63) is 52.5 Å². The van der Waals surface area contributed by atoms with Gasteiger partial charge in [-0.15, -0.1) is 11.3 Å². The van der Waals surface area contributed by atoms with Gasteiger partial charge in [-0.05, 0) is 56.7 Å². The Morgan fingerprint density at radius 2 is 1.62 bits per heavy atom. The van der Waals surface area contributed by atoms with E-state index < -0.39 is 30.2 Å². The lowest BCUT2D eigenvalue weighted by Crippen LogP contribution is -2.59. The Hall–Kier alpha value is -3.39. The minimum atomic E-state index is -0.751. The lowest BCUT2D eigenvalue weighted by Gasteiger charge is -2.41. The van der Waals surface area contributed by atoms with Crippen molar-refractivity contribution in [2.75, 3.05) is 41.9 Å². The van der Waals surface area contributed by atoms with E-state index in [1.807, 2.05) is 94.2 Å². The predicted octanol–water partition coefficient (Wildman–Crippen LogP) is 5.19. The maximum absolute atomic E-state index is 14.3. The van der Waals surface area contributed by atoms with Gasteiger partial charge in [0, 0.05) is 39.4 Å². The Morgan fingerprint density at radius 3 is 2.15 bits per heavy atom. The summed E-state index contributed by atoms with van der Waals surface area (Å²) in [4.78, 5) is 65.8. The predicted molar refractivity (Wildman–Crippen MR) is 218 cm³/mol. The van der Waals surface area contributed by atoms with Crippen molar-refractivity contribution in [2.24, 2.45) is 23.7 Å². The number of methoxy groups -OCH3 is 2. The van der Waals surface area contributed by atoms with Gasteiger partial charge in [-0.1, -0.05) is 85.2 Å². The van der Waals surface area contributed by atoms with Gasteiger partial charge in [-0.2, -0.15) is 0 Å². The average Bonchev–Trinajstić information content (AvgIpc) is 3.87. The molecule has 0 saturated carbocycles. The molecule has 9 atom stereocenters. The van der Waals surface area contributed by atoms with Gasteiger partial charge < -0.3 is 29.9 Å². The summed E-state index contributed by atoms with van der Waals surface area (Å²) < 4.78 is 12.1. The van der Waals surface area contributed by atoms with Crippen LogP contribution in [-0.4, -0.2) is 122 Å². The molecule has 0 aliphatic carbocycles. The molecule has 1 aromatic heterocycles. The maximum Gasteiger partial charge on any atom is 0.245 e. The molecule has 1 aromatic carbocycles. The van der Waals surface area contributed by atoms with Crippen molar-refractivity contribution >= 4 is 35.0 Å². The van der Waals surface area contributed by atoms with E-state index in [9.17, 15) is 19.2 Å². The number of likely N-dealkylation sites (tertiary alicyclic amines) is 1. The van der Waals surface area contributed by atoms with Crippen LogP contribution in [0.15, 0.2) is 41.9 Å². The molecule has 2 heterocycles.